The minimum Gasteiger partial charge on any atom is -0.370 e. The highest BCUT2D eigenvalue weighted by atomic mass is 16.6. The van der Waals surface area contributed by atoms with E-state index in [1.807, 2.05) is 20.8 Å². The lowest BCUT2D eigenvalue weighted by molar-refractivity contribution is -0.384. The van der Waals surface area contributed by atoms with Crippen LogP contribution >= 0.6 is 0 Å². The molecule has 0 aliphatic rings. The van der Waals surface area contributed by atoms with Gasteiger partial charge in [-0.2, -0.15) is 0 Å². The number of hydrogen-bond acceptors (Lipinski definition) is 5. The van der Waals surface area contributed by atoms with E-state index in [1.54, 1.807) is 6.07 Å². The molecule has 0 saturated carbocycles. The predicted octanol–water partition coefficient (Wildman–Crippen LogP) is 2.24. The van der Waals surface area contributed by atoms with Crippen molar-refractivity contribution in [2.45, 2.75) is 26.8 Å². The molecule has 1 aromatic rings. The van der Waals surface area contributed by atoms with Crippen LogP contribution < -0.4 is 10.6 Å². The maximum Gasteiger partial charge on any atom is 0.311 e. The Morgan fingerprint density at radius 3 is 2.69 bits per heavy atom. The SMILES string of the molecule is CCNc1ccc([N+](=O)[O-])c(NC(C)C)n1. The monoisotopic (exact) mass is 224 g/mol. The van der Waals surface area contributed by atoms with Gasteiger partial charge in [-0.25, -0.2) is 4.98 Å². The number of pyridine rings is 1. The minimum absolute atomic E-state index is 0.00430. The first-order valence-corrected chi connectivity index (χ1v) is 5.20. The molecule has 6 nitrogen and oxygen atoms in total. The van der Waals surface area contributed by atoms with Gasteiger partial charge in [0.25, 0.3) is 0 Å². The van der Waals surface area contributed by atoms with Gasteiger partial charge >= 0.3 is 5.69 Å². The maximum atomic E-state index is 10.8. The predicted molar refractivity (Wildman–Crippen MR) is 63.8 cm³/mol. The summed E-state index contributed by atoms with van der Waals surface area (Å²) >= 11 is 0. The van der Waals surface area contributed by atoms with Gasteiger partial charge in [-0.3, -0.25) is 10.1 Å². The highest BCUT2D eigenvalue weighted by Gasteiger charge is 2.16. The molecule has 0 amide bonds. The van der Waals surface area contributed by atoms with E-state index in [2.05, 4.69) is 15.6 Å². The summed E-state index contributed by atoms with van der Waals surface area (Å²) in [5.41, 5.74) is -0.00430. The molecule has 0 radical (unpaired) electrons. The molecule has 0 aliphatic heterocycles. The topological polar surface area (TPSA) is 80.1 Å². The summed E-state index contributed by atoms with van der Waals surface area (Å²) in [5, 5.41) is 16.8. The summed E-state index contributed by atoms with van der Waals surface area (Å²) in [6.45, 7) is 6.49. The van der Waals surface area contributed by atoms with Crippen LogP contribution in [-0.2, 0) is 0 Å². The van der Waals surface area contributed by atoms with Gasteiger partial charge in [0.05, 0.1) is 4.92 Å². The number of nitrogens with one attached hydrogen (secondary N) is 2. The van der Waals surface area contributed by atoms with E-state index in [1.165, 1.54) is 6.07 Å². The molecule has 0 saturated heterocycles. The van der Waals surface area contributed by atoms with Crippen LogP contribution in [0, 0.1) is 10.1 Å². The van der Waals surface area contributed by atoms with Gasteiger partial charge in [0, 0.05) is 18.7 Å². The summed E-state index contributed by atoms with van der Waals surface area (Å²) in [7, 11) is 0. The Hall–Kier alpha value is -1.85. The van der Waals surface area contributed by atoms with E-state index in [0.717, 1.165) is 6.54 Å². The number of hydrogen-bond donors (Lipinski definition) is 2. The zero-order chi connectivity index (χ0) is 12.1. The fraction of sp³-hybridized carbons (Fsp3) is 0.500. The number of aromatic nitrogens is 1. The smallest absolute Gasteiger partial charge is 0.311 e. The van der Waals surface area contributed by atoms with Crippen LogP contribution in [0.1, 0.15) is 20.8 Å². The zero-order valence-corrected chi connectivity index (χ0v) is 9.65. The number of nitrogens with zero attached hydrogens (tertiary/aromatic N) is 2. The third-order valence-corrected chi connectivity index (χ3v) is 1.85. The van der Waals surface area contributed by atoms with E-state index >= 15 is 0 Å². The second kappa shape index (κ2) is 5.29. The van der Waals surface area contributed by atoms with Crippen LogP contribution in [0.3, 0.4) is 0 Å². The molecule has 2 N–H and O–H groups in total. The third kappa shape index (κ3) is 3.08. The van der Waals surface area contributed by atoms with Gasteiger partial charge in [-0.15, -0.1) is 0 Å². The summed E-state index contributed by atoms with van der Waals surface area (Å²) in [6.07, 6.45) is 0. The molecule has 6 heteroatoms. The second-order valence-corrected chi connectivity index (χ2v) is 3.65. The lowest BCUT2D eigenvalue weighted by Gasteiger charge is -2.11. The highest BCUT2D eigenvalue weighted by Crippen LogP contribution is 2.24. The van der Waals surface area contributed by atoms with Crippen molar-refractivity contribution in [1.82, 2.24) is 4.98 Å². The molecule has 0 aromatic carbocycles. The lowest BCUT2D eigenvalue weighted by Crippen LogP contribution is -2.13. The second-order valence-electron chi connectivity index (χ2n) is 3.65. The Balaban J connectivity index is 3.05. The van der Waals surface area contributed by atoms with Crippen LogP contribution in [0.5, 0.6) is 0 Å². The first-order chi connectivity index (χ1) is 7.54. The van der Waals surface area contributed by atoms with Crippen molar-refractivity contribution in [2.75, 3.05) is 17.2 Å². The van der Waals surface area contributed by atoms with E-state index in [-0.39, 0.29) is 11.7 Å². The van der Waals surface area contributed by atoms with Gasteiger partial charge in [0.2, 0.25) is 5.82 Å². The molecule has 1 aromatic heterocycles. The molecular weight excluding hydrogens is 208 g/mol. The average molecular weight is 224 g/mol. The molecule has 0 unspecified atom stereocenters. The molecule has 88 valence electrons. The Morgan fingerprint density at radius 1 is 1.50 bits per heavy atom. The van der Waals surface area contributed by atoms with E-state index in [0.29, 0.717) is 11.6 Å². The van der Waals surface area contributed by atoms with E-state index in [4.69, 9.17) is 0 Å². The number of rotatable bonds is 5. The van der Waals surface area contributed by atoms with Crippen LogP contribution in [0.4, 0.5) is 17.3 Å². The molecule has 1 heterocycles. The molecule has 0 aliphatic carbocycles. The van der Waals surface area contributed by atoms with Crippen molar-refractivity contribution in [3.63, 3.8) is 0 Å². The van der Waals surface area contributed by atoms with Crippen molar-refractivity contribution in [3.05, 3.63) is 22.2 Å². The summed E-state index contributed by atoms with van der Waals surface area (Å²) in [4.78, 5) is 14.5. The molecule has 1 rings (SSSR count). The van der Waals surface area contributed by atoms with Gasteiger partial charge < -0.3 is 10.6 Å². The number of anilines is 2. The lowest BCUT2D eigenvalue weighted by atomic mass is 10.3. The molecule has 0 spiro atoms. The molecule has 0 atom stereocenters. The summed E-state index contributed by atoms with van der Waals surface area (Å²) in [5.74, 6) is 0.940. The molecule has 16 heavy (non-hydrogen) atoms. The van der Waals surface area contributed by atoms with Crippen LogP contribution in [0.25, 0.3) is 0 Å². The summed E-state index contributed by atoms with van der Waals surface area (Å²) in [6, 6.07) is 3.16. The first kappa shape index (κ1) is 12.2. The average Bonchev–Trinajstić information content (AvgIpc) is 2.16. The van der Waals surface area contributed by atoms with E-state index in [9.17, 15) is 10.1 Å². The van der Waals surface area contributed by atoms with Crippen LogP contribution in [0.2, 0.25) is 0 Å². The maximum absolute atomic E-state index is 10.8. The standard InChI is InChI=1S/C10H16N4O2/c1-4-11-9-6-5-8(14(15)16)10(13-9)12-7(2)3/h5-7H,4H2,1-3H3,(H2,11,12,13). The van der Waals surface area contributed by atoms with Crippen molar-refractivity contribution in [3.8, 4) is 0 Å². The first-order valence-electron chi connectivity index (χ1n) is 5.20. The number of nitro groups is 1. The molecule has 0 fully saturated rings. The van der Waals surface area contributed by atoms with Gasteiger partial charge in [0.15, 0.2) is 0 Å². The van der Waals surface area contributed by atoms with Crippen molar-refractivity contribution >= 4 is 17.3 Å². The van der Waals surface area contributed by atoms with Crippen LogP contribution in [-0.4, -0.2) is 22.5 Å². The molecular formula is C10H16N4O2. The Morgan fingerprint density at radius 2 is 2.19 bits per heavy atom. The van der Waals surface area contributed by atoms with Gasteiger partial charge in [-0.05, 0) is 26.8 Å². The van der Waals surface area contributed by atoms with Crippen molar-refractivity contribution in [2.24, 2.45) is 0 Å². The minimum atomic E-state index is -0.437. The third-order valence-electron chi connectivity index (χ3n) is 1.85. The molecule has 0 bridgehead atoms. The van der Waals surface area contributed by atoms with Crippen molar-refractivity contribution in [1.29, 1.82) is 0 Å². The van der Waals surface area contributed by atoms with Crippen molar-refractivity contribution < 1.29 is 4.92 Å². The fourth-order valence-electron chi connectivity index (χ4n) is 1.26. The quantitative estimate of drug-likeness (QED) is 0.592. The Kier molecular flexibility index (Phi) is 4.04. The Labute approximate surface area is 94.2 Å². The highest BCUT2D eigenvalue weighted by molar-refractivity contribution is 5.60. The van der Waals surface area contributed by atoms with E-state index < -0.39 is 4.92 Å². The fourth-order valence-corrected chi connectivity index (χ4v) is 1.26. The van der Waals surface area contributed by atoms with Gasteiger partial charge in [0.1, 0.15) is 5.82 Å². The normalized spacial score (nSPS) is 10.2. The van der Waals surface area contributed by atoms with Crippen LogP contribution in [0.15, 0.2) is 12.1 Å². The summed E-state index contributed by atoms with van der Waals surface area (Å²) < 4.78 is 0. The Bertz CT molecular complexity index is 379. The largest absolute Gasteiger partial charge is 0.370 e. The van der Waals surface area contributed by atoms with Gasteiger partial charge in [-0.1, -0.05) is 0 Å². The zero-order valence-electron chi connectivity index (χ0n) is 9.65.